The Hall–Kier alpha value is -1.94. The van der Waals surface area contributed by atoms with Crippen LogP contribution in [0.1, 0.15) is 0 Å². The molecule has 0 aliphatic carbocycles. The lowest BCUT2D eigenvalue weighted by molar-refractivity contribution is -0.248. The predicted octanol–water partition coefficient (Wildman–Crippen LogP) is -0.746. The highest BCUT2D eigenvalue weighted by molar-refractivity contribution is 5.90. The molecule has 0 rings (SSSR count). The lowest BCUT2D eigenvalue weighted by Crippen LogP contribution is -2.07. The van der Waals surface area contributed by atoms with E-state index in [4.69, 9.17) is 0 Å². The van der Waals surface area contributed by atoms with E-state index < -0.39 is 11.9 Å². The normalized spacial score (nSPS) is 6.60. The first kappa shape index (κ1) is 8.06. The fraction of sp³-hybridized carbons (Fsp3) is 0. The number of carbonyl (C=O) groups excluding carboxylic acids is 2. The zero-order valence-corrected chi connectivity index (χ0v) is 4.79. The summed E-state index contributed by atoms with van der Waals surface area (Å²) in [6, 6.07) is 0. The number of carbonyl (C=O) groups is 2. The van der Waals surface area contributed by atoms with E-state index in [1.54, 1.807) is 0 Å². The van der Waals surface area contributed by atoms with Gasteiger partial charge in [-0.2, -0.15) is 0 Å². The van der Waals surface area contributed by atoms with Gasteiger partial charge in [0.2, 0.25) is 0 Å². The van der Waals surface area contributed by atoms with Crippen LogP contribution in [0.15, 0.2) is 0 Å². The SMILES string of the molecule is C#CC(=O)OOC(=O)C#C. The van der Waals surface area contributed by atoms with Crippen molar-refractivity contribution >= 4 is 11.9 Å². The molecule has 50 valence electrons. The van der Waals surface area contributed by atoms with Crippen LogP contribution < -0.4 is 0 Å². The number of rotatable bonds is 0. The molecule has 0 aromatic heterocycles. The molecule has 0 aromatic carbocycles. The summed E-state index contributed by atoms with van der Waals surface area (Å²) in [6.07, 6.45) is 9.06. The molecule has 0 aliphatic heterocycles. The second kappa shape index (κ2) is 3.99. The van der Waals surface area contributed by atoms with Crippen LogP contribution in [0, 0.1) is 24.7 Å². The molecule has 0 atom stereocenters. The fourth-order valence-corrected chi connectivity index (χ4v) is 0.124. The number of hydrogen-bond donors (Lipinski definition) is 0. The van der Waals surface area contributed by atoms with Crippen LogP contribution in [0.5, 0.6) is 0 Å². The van der Waals surface area contributed by atoms with Crippen LogP contribution in [0.3, 0.4) is 0 Å². The summed E-state index contributed by atoms with van der Waals surface area (Å²) < 4.78 is 0. The minimum Gasteiger partial charge on any atom is -0.232 e. The second-order valence-electron chi connectivity index (χ2n) is 1.03. The van der Waals surface area contributed by atoms with E-state index in [2.05, 4.69) is 22.6 Å². The molecule has 0 amide bonds. The van der Waals surface area contributed by atoms with Crippen LogP contribution in [0.25, 0.3) is 0 Å². The number of hydrogen-bond acceptors (Lipinski definition) is 4. The van der Waals surface area contributed by atoms with Crippen molar-refractivity contribution in [1.82, 2.24) is 0 Å². The molecule has 0 aliphatic rings. The van der Waals surface area contributed by atoms with E-state index in [0.717, 1.165) is 0 Å². The summed E-state index contributed by atoms with van der Waals surface area (Å²) in [5.41, 5.74) is 0. The zero-order chi connectivity index (χ0) is 7.98. The largest absolute Gasteiger partial charge is 0.429 e. The number of terminal acetylenes is 2. The smallest absolute Gasteiger partial charge is 0.232 e. The van der Waals surface area contributed by atoms with Crippen molar-refractivity contribution in [2.24, 2.45) is 0 Å². The maximum atomic E-state index is 10.0. The van der Waals surface area contributed by atoms with Gasteiger partial charge in [0.15, 0.2) is 0 Å². The molecule has 0 unspecified atom stereocenters. The highest BCUT2D eigenvalue weighted by Crippen LogP contribution is 1.79. The van der Waals surface area contributed by atoms with E-state index in [1.807, 2.05) is 0 Å². The van der Waals surface area contributed by atoms with Gasteiger partial charge in [-0.05, 0) is 0 Å². The molecule has 0 fully saturated rings. The van der Waals surface area contributed by atoms with Gasteiger partial charge < -0.3 is 0 Å². The van der Waals surface area contributed by atoms with E-state index in [9.17, 15) is 9.59 Å². The Balaban J connectivity index is 3.61. The summed E-state index contributed by atoms with van der Waals surface area (Å²) in [5, 5.41) is 0. The minimum atomic E-state index is -1.11. The third-order valence-corrected chi connectivity index (χ3v) is 0.429. The van der Waals surface area contributed by atoms with E-state index >= 15 is 0 Å². The highest BCUT2D eigenvalue weighted by atomic mass is 17.2. The molecule has 10 heavy (non-hydrogen) atoms. The molecule has 0 N–H and O–H groups in total. The van der Waals surface area contributed by atoms with Crippen LogP contribution in [-0.4, -0.2) is 11.9 Å². The minimum absolute atomic E-state index is 1.11. The van der Waals surface area contributed by atoms with Gasteiger partial charge in [0.05, 0.1) is 0 Å². The third kappa shape index (κ3) is 3.11. The molecule has 4 nitrogen and oxygen atoms in total. The standard InChI is InChI=1S/C6H2O4/c1-3-5(7)9-10-6(8)4-2/h1-2H. The Morgan fingerprint density at radius 3 is 1.50 bits per heavy atom. The molecule has 0 saturated heterocycles. The lowest BCUT2D eigenvalue weighted by Gasteiger charge is -1.91. The van der Waals surface area contributed by atoms with Crippen molar-refractivity contribution in [3.63, 3.8) is 0 Å². The predicted molar refractivity (Wildman–Crippen MR) is 29.8 cm³/mol. The van der Waals surface area contributed by atoms with Crippen molar-refractivity contribution in [2.45, 2.75) is 0 Å². The zero-order valence-electron chi connectivity index (χ0n) is 4.79. The molecule has 0 bridgehead atoms. The van der Waals surface area contributed by atoms with Crippen molar-refractivity contribution in [1.29, 1.82) is 0 Å². The average molecular weight is 138 g/mol. The van der Waals surface area contributed by atoms with Gasteiger partial charge in [0, 0.05) is 11.8 Å². The van der Waals surface area contributed by atoms with Crippen molar-refractivity contribution in [3.05, 3.63) is 0 Å². The summed E-state index contributed by atoms with van der Waals surface area (Å²) in [6.45, 7) is 0. The average Bonchev–Trinajstić information content (AvgIpc) is 1.99. The van der Waals surface area contributed by atoms with Crippen molar-refractivity contribution in [3.8, 4) is 24.7 Å². The van der Waals surface area contributed by atoms with Gasteiger partial charge in [0.25, 0.3) is 0 Å². The topological polar surface area (TPSA) is 52.6 Å². The van der Waals surface area contributed by atoms with Crippen LogP contribution >= 0.6 is 0 Å². The van der Waals surface area contributed by atoms with Crippen LogP contribution in [0.2, 0.25) is 0 Å². The van der Waals surface area contributed by atoms with Crippen molar-refractivity contribution in [2.75, 3.05) is 0 Å². The first-order chi connectivity index (χ1) is 4.70. The first-order valence-corrected chi connectivity index (χ1v) is 2.06. The maximum absolute atomic E-state index is 10.0. The highest BCUT2D eigenvalue weighted by Gasteiger charge is 2.01. The maximum Gasteiger partial charge on any atom is 0.429 e. The van der Waals surface area contributed by atoms with Gasteiger partial charge in [0.1, 0.15) is 0 Å². The summed E-state index contributed by atoms with van der Waals surface area (Å²) in [7, 11) is 0. The van der Waals surface area contributed by atoms with E-state index in [0.29, 0.717) is 0 Å². The van der Waals surface area contributed by atoms with Gasteiger partial charge >= 0.3 is 11.9 Å². The summed E-state index contributed by atoms with van der Waals surface area (Å²) in [4.78, 5) is 27.4. The van der Waals surface area contributed by atoms with Gasteiger partial charge in [-0.15, -0.1) is 12.8 Å². The van der Waals surface area contributed by atoms with E-state index in [-0.39, 0.29) is 0 Å². The Morgan fingerprint density at radius 1 is 1.00 bits per heavy atom. The molecular weight excluding hydrogens is 136 g/mol. The van der Waals surface area contributed by atoms with Gasteiger partial charge in [-0.1, -0.05) is 0 Å². The van der Waals surface area contributed by atoms with Gasteiger partial charge in [-0.25, -0.2) is 19.4 Å². The molecular formula is C6H2O4. The molecule has 0 aromatic rings. The Morgan fingerprint density at radius 2 is 1.30 bits per heavy atom. The molecule has 0 saturated carbocycles. The summed E-state index contributed by atoms with van der Waals surface area (Å²) >= 11 is 0. The Bertz CT molecular complexity index is 201. The van der Waals surface area contributed by atoms with Gasteiger partial charge in [-0.3, -0.25) is 0 Å². The van der Waals surface area contributed by atoms with Crippen LogP contribution in [-0.2, 0) is 19.4 Å². The molecule has 0 spiro atoms. The first-order valence-electron chi connectivity index (χ1n) is 2.06. The second-order valence-corrected chi connectivity index (χ2v) is 1.03. The fourth-order valence-electron chi connectivity index (χ4n) is 0.124. The Labute approximate surface area is 57.0 Å². The van der Waals surface area contributed by atoms with E-state index in [1.165, 1.54) is 11.8 Å². The lowest BCUT2D eigenvalue weighted by atomic mass is 10.7. The van der Waals surface area contributed by atoms with Crippen molar-refractivity contribution < 1.29 is 19.4 Å². The third-order valence-electron chi connectivity index (χ3n) is 0.429. The Kier molecular flexibility index (Phi) is 3.22. The summed E-state index contributed by atoms with van der Waals surface area (Å²) in [5.74, 6) is 0.859. The molecule has 0 radical (unpaired) electrons. The van der Waals surface area contributed by atoms with Crippen LogP contribution in [0.4, 0.5) is 0 Å². The molecule has 4 heteroatoms. The molecule has 0 heterocycles. The monoisotopic (exact) mass is 138 g/mol. The quantitative estimate of drug-likeness (QED) is 0.251.